The van der Waals surface area contributed by atoms with Gasteiger partial charge < -0.3 is 10.3 Å². The molecule has 0 atom stereocenters. The van der Waals surface area contributed by atoms with E-state index in [-0.39, 0.29) is 16.3 Å². The fourth-order valence-electron chi connectivity index (χ4n) is 1.92. The van der Waals surface area contributed by atoms with E-state index in [1.54, 1.807) is 19.1 Å². The van der Waals surface area contributed by atoms with Gasteiger partial charge >= 0.3 is 0 Å². The van der Waals surface area contributed by atoms with Crippen LogP contribution in [0.3, 0.4) is 0 Å². The number of sulfonamides is 1. The molecule has 7 nitrogen and oxygen atoms in total. The number of rotatable bonds is 5. The number of benzene rings is 1. The molecule has 0 aliphatic carbocycles. The van der Waals surface area contributed by atoms with Crippen LogP contribution in [0, 0.1) is 6.92 Å². The number of aryl methyl sites for hydroxylation is 1. The van der Waals surface area contributed by atoms with Crippen molar-refractivity contribution in [2.75, 3.05) is 15.8 Å². The molecule has 128 valence electrons. The molecule has 0 aliphatic heterocycles. The summed E-state index contributed by atoms with van der Waals surface area (Å²) in [6.45, 7) is 3.24. The highest BCUT2D eigenvalue weighted by Gasteiger charge is 2.14. The summed E-state index contributed by atoms with van der Waals surface area (Å²) in [7, 11) is -3.38. The van der Waals surface area contributed by atoms with Gasteiger partial charge in [0.2, 0.25) is 15.5 Å². The predicted molar refractivity (Wildman–Crippen MR) is 94.3 cm³/mol. The third kappa shape index (κ3) is 4.15. The van der Waals surface area contributed by atoms with Gasteiger partial charge in [-0.15, -0.1) is 0 Å². The van der Waals surface area contributed by atoms with Crippen molar-refractivity contribution in [1.29, 1.82) is 0 Å². The first-order valence-electron chi connectivity index (χ1n) is 7.02. The Morgan fingerprint density at radius 3 is 2.62 bits per heavy atom. The van der Waals surface area contributed by atoms with E-state index in [9.17, 15) is 18.0 Å². The molecule has 2 rings (SSSR count). The molecule has 0 bridgehead atoms. The Bertz CT molecular complexity index is 938. The third-order valence-corrected chi connectivity index (χ3v) is 4.85. The van der Waals surface area contributed by atoms with Crippen LogP contribution < -0.4 is 15.5 Å². The Morgan fingerprint density at radius 2 is 2.00 bits per heavy atom. The zero-order valence-corrected chi connectivity index (χ0v) is 14.6. The maximum Gasteiger partial charge on any atom is 0.261 e. The van der Waals surface area contributed by atoms with Crippen LogP contribution >= 0.6 is 11.6 Å². The zero-order chi connectivity index (χ0) is 17.9. The summed E-state index contributed by atoms with van der Waals surface area (Å²) in [4.78, 5) is 26.6. The molecule has 0 saturated heterocycles. The van der Waals surface area contributed by atoms with Gasteiger partial charge in [-0.05, 0) is 37.6 Å². The second kappa shape index (κ2) is 7.06. The van der Waals surface area contributed by atoms with Crippen LogP contribution in [-0.4, -0.2) is 25.1 Å². The highest BCUT2D eigenvalue weighted by Crippen LogP contribution is 2.21. The number of aromatic nitrogens is 1. The monoisotopic (exact) mass is 369 g/mol. The lowest BCUT2D eigenvalue weighted by atomic mass is 10.1. The molecule has 24 heavy (non-hydrogen) atoms. The number of amides is 1. The Hall–Kier alpha value is -2.32. The van der Waals surface area contributed by atoms with Crippen molar-refractivity contribution in [3.8, 4) is 0 Å². The lowest BCUT2D eigenvalue weighted by Gasteiger charge is -2.11. The molecule has 3 N–H and O–H groups in total. The van der Waals surface area contributed by atoms with E-state index < -0.39 is 21.4 Å². The van der Waals surface area contributed by atoms with E-state index >= 15 is 0 Å². The minimum Gasteiger partial charge on any atom is -0.365 e. The second-order valence-electron chi connectivity index (χ2n) is 5.04. The summed E-state index contributed by atoms with van der Waals surface area (Å²) < 4.78 is 25.7. The van der Waals surface area contributed by atoms with Crippen molar-refractivity contribution < 1.29 is 13.2 Å². The molecule has 1 amide bonds. The molecule has 1 heterocycles. The average molecular weight is 370 g/mol. The van der Waals surface area contributed by atoms with Gasteiger partial charge in [0.1, 0.15) is 10.6 Å². The molecule has 2 aromatic rings. The summed E-state index contributed by atoms with van der Waals surface area (Å²) in [6.07, 6.45) is 2.56. The molecule has 1 aromatic carbocycles. The molecule has 0 saturated carbocycles. The van der Waals surface area contributed by atoms with E-state index in [0.29, 0.717) is 16.9 Å². The topological polar surface area (TPSA) is 108 Å². The number of hydrogen-bond acceptors (Lipinski definition) is 4. The quantitative estimate of drug-likeness (QED) is 0.751. The second-order valence-corrected chi connectivity index (χ2v) is 7.45. The molecular weight excluding hydrogens is 354 g/mol. The van der Waals surface area contributed by atoms with E-state index in [1.165, 1.54) is 25.4 Å². The number of carbonyl (C=O) groups is 1. The number of pyridine rings is 1. The van der Waals surface area contributed by atoms with Gasteiger partial charge in [-0.1, -0.05) is 11.6 Å². The smallest absolute Gasteiger partial charge is 0.261 e. The summed E-state index contributed by atoms with van der Waals surface area (Å²) in [6, 6.07) is 4.68. The number of halogens is 1. The number of carbonyl (C=O) groups excluding carboxylic acids is 1. The summed E-state index contributed by atoms with van der Waals surface area (Å²) in [5.74, 6) is -0.650. The van der Waals surface area contributed by atoms with E-state index in [2.05, 4.69) is 15.0 Å². The van der Waals surface area contributed by atoms with Gasteiger partial charge in [-0.25, -0.2) is 8.42 Å². The lowest BCUT2D eigenvalue weighted by Crippen LogP contribution is -2.22. The lowest BCUT2D eigenvalue weighted by molar-refractivity contribution is 0.102. The number of H-pyrrole nitrogens is 1. The molecular formula is C15H16ClN3O4S. The van der Waals surface area contributed by atoms with Crippen LogP contribution in [-0.2, 0) is 10.0 Å². The minimum absolute atomic E-state index is 0.0392. The first-order chi connectivity index (χ1) is 11.2. The van der Waals surface area contributed by atoms with Crippen molar-refractivity contribution in [3.05, 3.63) is 57.0 Å². The van der Waals surface area contributed by atoms with E-state index in [0.717, 1.165) is 0 Å². The molecule has 0 spiro atoms. The van der Waals surface area contributed by atoms with Crippen LogP contribution in [0.4, 0.5) is 11.4 Å². The maximum absolute atomic E-state index is 12.2. The van der Waals surface area contributed by atoms with Gasteiger partial charge in [-0.3, -0.25) is 14.3 Å². The van der Waals surface area contributed by atoms with Crippen LogP contribution in [0.25, 0.3) is 0 Å². The van der Waals surface area contributed by atoms with E-state index in [4.69, 9.17) is 11.6 Å². The minimum atomic E-state index is -3.38. The van der Waals surface area contributed by atoms with Crippen molar-refractivity contribution >= 4 is 38.9 Å². The molecule has 0 unspecified atom stereocenters. The maximum atomic E-state index is 12.2. The standard InChI is InChI=1S/C15H16ClN3O4S/c1-3-24(22,23)19-13-5-4-10(6-9(13)2)18-15(21)11-7-17-8-12(16)14(11)20/h4-8,19H,3H2,1-2H3,(H,17,20)(H,18,21). The van der Waals surface area contributed by atoms with Crippen molar-refractivity contribution in [1.82, 2.24) is 4.98 Å². The predicted octanol–water partition coefficient (Wildman–Crippen LogP) is 2.35. The van der Waals surface area contributed by atoms with E-state index in [1.807, 2.05) is 0 Å². The van der Waals surface area contributed by atoms with Crippen molar-refractivity contribution in [2.45, 2.75) is 13.8 Å². The fraction of sp³-hybridized carbons (Fsp3) is 0.200. The highest BCUT2D eigenvalue weighted by molar-refractivity contribution is 7.92. The summed E-state index contributed by atoms with van der Waals surface area (Å²) in [5.41, 5.74) is 0.796. The van der Waals surface area contributed by atoms with Gasteiger partial charge in [0, 0.05) is 18.1 Å². The number of hydrogen-bond donors (Lipinski definition) is 3. The Kier molecular flexibility index (Phi) is 5.30. The molecule has 0 aliphatic rings. The highest BCUT2D eigenvalue weighted by atomic mass is 35.5. The first-order valence-corrected chi connectivity index (χ1v) is 9.05. The van der Waals surface area contributed by atoms with Crippen LogP contribution in [0.1, 0.15) is 22.8 Å². The molecule has 1 aromatic heterocycles. The number of aromatic amines is 1. The van der Waals surface area contributed by atoms with Crippen molar-refractivity contribution in [3.63, 3.8) is 0 Å². The molecule has 0 radical (unpaired) electrons. The summed E-state index contributed by atoms with van der Waals surface area (Å²) in [5, 5.41) is 2.50. The van der Waals surface area contributed by atoms with Gasteiger partial charge in [0.05, 0.1) is 11.4 Å². The number of nitrogens with one attached hydrogen (secondary N) is 3. The average Bonchev–Trinajstić information content (AvgIpc) is 2.52. The Morgan fingerprint density at radius 1 is 1.29 bits per heavy atom. The van der Waals surface area contributed by atoms with Gasteiger partial charge in [0.15, 0.2) is 0 Å². The SMILES string of the molecule is CCS(=O)(=O)Nc1ccc(NC(=O)c2c[nH]cc(Cl)c2=O)cc1C. The van der Waals surface area contributed by atoms with Crippen LogP contribution in [0.5, 0.6) is 0 Å². The van der Waals surface area contributed by atoms with Crippen LogP contribution in [0.2, 0.25) is 5.02 Å². The van der Waals surface area contributed by atoms with Gasteiger partial charge in [-0.2, -0.15) is 0 Å². The van der Waals surface area contributed by atoms with Crippen LogP contribution in [0.15, 0.2) is 35.4 Å². The normalized spacial score (nSPS) is 11.1. The Balaban J connectivity index is 2.22. The largest absolute Gasteiger partial charge is 0.365 e. The molecule has 9 heteroatoms. The third-order valence-electron chi connectivity index (χ3n) is 3.27. The van der Waals surface area contributed by atoms with Gasteiger partial charge in [0.25, 0.3) is 5.91 Å². The zero-order valence-electron chi connectivity index (χ0n) is 13.0. The van der Waals surface area contributed by atoms with Crippen molar-refractivity contribution in [2.24, 2.45) is 0 Å². The number of anilines is 2. The molecule has 0 fully saturated rings. The summed E-state index contributed by atoms with van der Waals surface area (Å²) >= 11 is 5.69. The fourth-order valence-corrected chi connectivity index (χ4v) is 2.79. The first kappa shape index (κ1) is 18.0. The Labute approximate surface area is 144 Å².